The van der Waals surface area contributed by atoms with Gasteiger partial charge in [-0.1, -0.05) is 42.5 Å². The fourth-order valence-electron chi connectivity index (χ4n) is 2.65. The van der Waals surface area contributed by atoms with E-state index in [0.717, 1.165) is 13.1 Å². The summed E-state index contributed by atoms with van der Waals surface area (Å²) < 4.78 is 0. The molecule has 2 heteroatoms. The van der Waals surface area contributed by atoms with Crippen molar-refractivity contribution in [3.8, 4) is 0 Å². The Bertz CT molecular complexity index is 536. The molecule has 2 aromatic rings. The van der Waals surface area contributed by atoms with E-state index in [1.54, 1.807) is 0 Å². The number of hydrogen-bond donors (Lipinski definition) is 1. The summed E-state index contributed by atoms with van der Waals surface area (Å²) in [4.78, 5) is 2.47. The molecule has 0 aliphatic carbocycles. The SMILES string of the molecule is CC1CCN(Cc2ccccc2)c2ccccc2N1. The topological polar surface area (TPSA) is 15.3 Å². The minimum atomic E-state index is 0.530. The van der Waals surface area contributed by atoms with E-state index < -0.39 is 0 Å². The highest BCUT2D eigenvalue weighted by Gasteiger charge is 2.17. The predicted octanol–water partition coefficient (Wildman–Crippen LogP) is 3.90. The fraction of sp³-hybridized carbons (Fsp3) is 0.294. The molecule has 0 aromatic heterocycles. The number of nitrogens with one attached hydrogen (secondary N) is 1. The Morgan fingerprint density at radius 3 is 2.63 bits per heavy atom. The van der Waals surface area contributed by atoms with Crippen LogP contribution < -0.4 is 10.2 Å². The zero-order chi connectivity index (χ0) is 13.1. The maximum atomic E-state index is 3.60. The molecule has 0 saturated carbocycles. The summed E-state index contributed by atoms with van der Waals surface area (Å²) in [6.07, 6.45) is 1.17. The van der Waals surface area contributed by atoms with Crippen molar-refractivity contribution in [2.75, 3.05) is 16.8 Å². The van der Waals surface area contributed by atoms with Crippen molar-refractivity contribution >= 4 is 11.4 Å². The lowest BCUT2D eigenvalue weighted by molar-refractivity contribution is 0.682. The van der Waals surface area contributed by atoms with Gasteiger partial charge < -0.3 is 10.2 Å². The van der Waals surface area contributed by atoms with E-state index in [4.69, 9.17) is 0 Å². The van der Waals surface area contributed by atoms with E-state index in [1.165, 1.54) is 23.4 Å². The molecule has 1 aliphatic rings. The smallest absolute Gasteiger partial charge is 0.0605 e. The summed E-state index contributed by atoms with van der Waals surface area (Å²) in [7, 11) is 0. The number of para-hydroxylation sites is 2. The van der Waals surface area contributed by atoms with E-state index in [2.05, 4.69) is 71.7 Å². The van der Waals surface area contributed by atoms with Gasteiger partial charge >= 0.3 is 0 Å². The van der Waals surface area contributed by atoms with E-state index >= 15 is 0 Å². The lowest BCUT2D eigenvalue weighted by Crippen LogP contribution is -2.24. The Morgan fingerprint density at radius 1 is 1.05 bits per heavy atom. The molecule has 0 radical (unpaired) electrons. The molecule has 0 fully saturated rings. The second kappa shape index (κ2) is 5.35. The van der Waals surface area contributed by atoms with Crippen LogP contribution in [0.1, 0.15) is 18.9 Å². The van der Waals surface area contributed by atoms with Gasteiger partial charge in [-0.2, -0.15) is 0 Å². The highest BCUT2D eigenvalue weighted by atomic mass is 15.2. The van der Waals surface area contributed by atoms with Crippen molar-refractivity contribution in [1.29, 1.82) is 0 Å². The molecule has 1 N–H and O–H groups in total. The minimum absolute atomic E-state index is 0.530. The third kappa shape index (κ3) is 2.73. The Labute approximate surface area is 115 Å². The monoisotopic (exact) mass is 252 g/mol. The highest BCUT2D eigenvalue weighted by molar-refractivity contribution is 5.71. The van der Waals surface area contributed by atoms with E-state index in [0.29, 0.717) is 6.04 Å². The van der Waals surface area contributed by atoms with Crippen LogP contribution in [0.5, 0.6) is 0 Å². The number of fused-ring (bicyclic) bond motifs is 1. The molecule has 0 saturated heterocycles. The quantitative estimate of drug-likeness (QED) is 0.872. The van der Waals surface area contributed by atoms with Gasteiger partial charge in [0.25, 0.3) is 0 Å². The molecule has 0 spiro atoms. The minimum Gasteiger partial charge on any atom is -0.381 e. The van der Waals surface area contributed by atoms with Gasteiger partial charge in [-0.15, -0.1) is 0 Å². The third-order valence-electron chi connectivity index (χ3n) is 3.69. The average molecular weight is 252 g/mol. The first-order valence-corrected chi connectivity index (χ1v) is 6.97. The molecule has 1 heterocycles. The lowest BCUT2D eigenvalue weighted by Gasteiger charge is -2.24. The molecular weight excluding hydrogens is 232 g/mol. The molecule has 0 amide bonds. The molecule has 1 unspecified atom stereocenters. The van der Waals surface area contributed by atoms with Crippen LogP contribution in [0.15, 0.2) is 54.6 Å². The second-order valence-corrected chi connectivity index (χ2v) is 5.26. The van der Waals surface area contributed by atoms with Gasteiger partial charge in [-0.05, 0) is 31.0 Å². The van der Waals surface area contributed by atoms with Crippen molar-refractivity contribution in [1.82, 2.24) is 0 Å². The lowest BCUT2D eigenvalue weighted by atomic mass is 10.2. The maximum Gasteiger partial charge on any atom is 0.0605 e. The van der Waals surface area contributed by atoms with Crippen LogP contribution in [-0.2, 0) is 6.54 Å². The first-order valence-electron chi connectivity index (χ1n) is 6.97. The molecule has 0 bridgehead atoms. The van der Waals surface area contributed by atoms with E-state index in [9.17, 15) is 0 Å². The standard InChI is InChI=1S/C17H20N2/c1-14-11-12-19(13-15-7-3-2-4-8-15)17-10-6-5-9-16(17)18-14/h2-10,14,18H,11-13H2,1H3. The van der Waals surface area contributed by atoms with Gasteiger partial charge in [0.15, 0.2) is 0 Å². The van der Waals surface area contributed by atoms with Crippen LogP contribution in [0.4, 0.5) is 11.4 Å². The molecule has 19 heavy (non-hydrogen) atoms. The molecule has 2 nitrogen and oxygen atoms in total. The van der Waals surface area contributed by atoms with Crippen LogP contribution in [0.25, 0.3) is 0 Å². The van der Waals surface area contributed by atoms with Crippen molar-refractivity contribution in [2.24, 2.45) is 0 Å². The summed E-state index contributed by atoms with van der Waals surface area (Å²) in [5, 5.41) is 3.60. The zero-order valence-electron chi connectivity index (χ0n) is 11.3. The Hall–Kier alpha value is -1.96. The third-order valence-corrected chi connectivity index (χ3v) is 3.69. The summed E-state index contributed by atoms with van der Waals surface area (Å²) in [5.41, 5.74) is 3.94. The van der Waals surface area contributed by atoms with Gasteiger partial charge in [0.2, 0.25) is 0 Å². The van der Waals surface area contributed by atoms with E-state index in [1.807, 2.05) is 0 Å². The van der Waals surface area contributed by atoms with Crippen molar-refractivity contribution in [2.45, 2.75) is 25.9 Å². The van der Waals surface area contributed by atoms with Crippen molar-refractivity contribution < 1.29 is 0 Å². The Balaban J connectivity index is 1.89. The second-order valence-electron chi connectivity index (χ2n) is 5.26. The van der Waals surface area contributed by atoms with Crippen LogP contribution in [0.2, 0.25) is 0 Å². The van der Waals surface area contributed by atoms with Crippen LogP contribution in [0, 0.1) is 0 Å². The predicted molar refractivity (Wildman–Crippen MR) is 81.6 cm³/mol. The molecule has 2 aromatic carbocycles. The fourth-order valence-corrected chi connectivity index (χ4v) is 2.65. The zero-order valence-corrected chi connectivity index (χ0v) is 11.3. The van der Waals surface area contributed by atoms with Crippen molar-refractivity contribution in [3.05, 3.63) is 60.2 Å². The van der Waals surface area contributed by atoms with Gasteiger partial charge in [0, 0.05) is 19.1 Å². The van der Waals surface area contributed by atoms with Crippen LogP contribution in [-0.4, -0.2) is 12.6 Å². The molecular formula is C17H20N2. The van der Waals surface area contributed by atoms with Gasteiger partial charge in [0.1, 0.15) is 0 Å². The van der Waals surface area contributed by atoms with Gasteiger partial charge in [-0.25, -0.2) is 0 Å². The average Bonchev–Trinajstić information content (AvgIpc) is 2.60. The normalized spacial score (nSPS) is 18.4. The van der Waals surface area contributed by atoms with Crippen LogP contribution >= 0.6 is 0 Å². The number of nitrogens with zero attached hydrogens (tertiary/aromatic N) is 1. The molecule has 1 atom stereocenters. The highest BCUT2D eigenvalue weighted by Crippen LogP contribution is 2.30. The summed E-state index contributed by atoms with van der Waals surface area (Å²) in [6, 6.07) is 19.8. The molecule has 98 valence electrons. The number of hydrogen-bond acceptors (Lipinski definition) is 2. The molecule has 1 aliphatic heterocycles. The largest absolute Gasteiger partial charge is 0.381 e. The number of rotatable bonds is 2. The Kier molecular flexibility index (Phi) is 3.41. The van der Waals surface area contributed by atoms with Crippen molar-refractivity contribution in [3.63, 3.8) is 0 Å². The summed E-state index contributed by atoms with van der Waals surface area (Å²) >= 11 is 0. The summed E-state index contributed by atoms with van der Waals surface area (Å²) in [5.74, 6) is 0. The molecule has 3 rings (SSSR count). The van der Waals surface area contributed by atoms with E-state index in [-0.39, 0.29) is 0 Å². The van der Waals surface area contributed by atoms with Gasteiger partial charge in [-0.3, -0.25) is 0 Å². The number of anilines is 2. The first kappa shape index (κ1) is 12.1. The van der Waals surface area contributed by atoms with Crippen LogP contribution in [0.3, 0.4) is 0 Å². The maximum absolute atomic E-state index is 3.60. The summed E-state index contributed by atoms with van der Waals surface area (Å²) in [6.45, 7) is 4.33. The van der Waals surface area contributed by atoms with Gasteiger partial charge in [0.05, 0.1) is 11.4 Å². The first-order chi connectivity index (χ1) is 9.33. The Morgan fingerprint density at radius 2 is 1.79 bits per heavy atom. The number of benzene rings is 2.